The van der Waals surface area contributed by atoms with Gasteiger partial charge >= 0.3 is 0 Å². The van der Waals surface area contributed by atoms with E-state index < -0.39 is 0 Å². The van der Waals surface area contributed by atoms with E-state index in [9.17, 15) is 4.79 Å². The Hall–Kier alpha value is -2.41. The van der Waals surface area contributed by atoms with Crippen molar-refractivity contribution in [2.75, 3.05) is 6.61 Å². The second-order valence-corrected chi connectivity index (χ2v) is 5.61. The van der Waals surface area contributed by atoms with Crippen LogP contribution in [0, 0.1) is 6.92 Å². The lowest BCUT2D eigenvalue weighted by Crippen LogP contribution is -2.22. The third-order valence-corrected chi connectivity index (χ3v) is 4.38. The van der Waals surface area contributed by atoms with Gasteiger partial charge < -0.3 is 14.5 Å². The summed E-state index contributed by atoms with van der Waals surface area (Å²) in [7, 11) is 0. The van der Waals surface area contributed by atoms with Gasteiger partial charge in [-0.3, -0.25) is 4.79 Å². The zero-order valence-electron chi connectivity index (χ0n) is 12.3. The van der Waals surface area contributed by atoms with Crippen LogP contribution in [0.1, 0.15) is 27.9 Å². The third-order valence-electron chi connectivity index (χ3n) is 3.18. The Kier molecular flexibility index (Phi) is 4.06. The number of furan rings is 1. The van der Waals surface area contributed by atoms with E-state index in [2.05, 4.69) is 15.3 Å². The van der Waals surface area contributed by atoms with Crippen LogP contribution in [0.15, 0.2) is 29.1 Å². The molecule has 7 heteroatoms. The SMILES string of the molecule is CCOc1ncnc2sc(C(=O)NCc3ccco3)c(C)c12. The van der Waals surface area contributed by atoms with Crippen LogP contribution < -0.4 is 10.1 Å². The third kappa shape index (κ3) is 2.67. The van der Waals surface area contributed by atoms with Crippen LogP contribution in [-0.2, 0) is 6.54 Å². The minimum atomic E-state index is -0.153. The number of carbonyl (C=O) groups excluding carboxylic acids is 1. The van der Waals surface area contributed by atoms with Crippen LogP contribution in [-0.4, -0.2) is 22.5 Å². The summed E-state index contributed by atoms with van der Waals surface area (Å²) in [6.45, 7) is 4.64. The Labute approximate surface area is 131 Å². The van der Waals surface area contributed by atoms with Crippen molar-refractivity contribution < 1.29 is 13.9 Å². The van der Waals surface area contributed by atoms with E-state index in [-0.39, 0.29) is 5.91 Å². The number of aromatic nitrogens is 2. The molecule has 0 bridgehead atoms. The molecule has 0 saturated heterocycles. The molecule has 114 valence electrons. The molecule has 0 unspecified atom stereocenters. The molecule has 3 aromatic rings. The lowest BCUT2D eigenvalue weighted by molar-refractivity contribution is 0.0951. The van der Waals surface area contributed by atoms with Gasteiger partial charge in [0.25, 0.3) is 5.91 Å². The first kappa shape index (κ1) is 14.5. The van der Waals surface area contributed by atoms with Gasteiger partial charge in [0.2, 0.25) is 5.88 Å². The monoisotopic (exact) mass is 317 g/mol. The molecular weight excluding hydrogens is 302 g/mol. The second kappa shape index (κ2) is 6.15. The number of nitrogens with zero attached hydrogens (tertiary/aromatic N) is 2. The van der Waals surface area contributed by atoms with Crippen LogP contribution in [0.4, 0.5) is 0 Å². The highest BCUT2D eigenvalue weighted by Crippen LogP contribution is 2.34. The number of fused-ring (bicyclic) bond motifs is 1. The van der Waals surface area contributed by atoms with Crippen molar-refractivity contribution in [1.29, 1.82) is 0 Å². The number of ether oxygens (including phenoxy) is 1. The summed E-state index contributed by atoms with van der Waals surface area (Å²) in [5.41, 5.74) is 0.834. The number of amides is 1. The first-order valence-electron chi connectivity index (χ1n) is 6.88. The largest absolute Gasteiger partial charge is 0.477 e. The topological polar surface area (TPSA) is 77.2 Å². The van der Waals surface area contributed by atoms with Gasteiger partial charge in [0.05, 0.1) is 29.7 Å². The Balaban J connectivity index is 1.88. The second-order valence-electron chi connectivity index (χ2n) is 4.61. The standard InChI is InChI=1S/C15H15N3O3S/c1-3-20-14-11-9(2)12(22-15(11)18-8-17-14)13(19)16-7-10-5-4-6-21-10/h4-6,8H,3,7H2,1-2H3,(H,16,19). The molecular formula is C15H15N3O3S. The molecule has 0 aromatic carbocycles. The molecule has 22 heavy (non-hydrogen) atoms. The smallest absolute Gasteiger partial charge is 0.262 e. The fourth-order valence-corrected chi connectivity index (χ4v) is 3.22. The summed E-state index contributed by atoms with van der Waals surface area (Å²) in [6, 6.07) is 3.60. The fourth-order valence-electron chi connectivity index (χ4n) is 2.16. The molecule has 1 amide bonds. The van der Waals surface area contributed by atoms with Crippen molar-refractivity contribution in [3.8, 4) is 5.88 Å². The van der Waals surface area contributed by atoms with E-state index in [0.29, 0.717) is 29.7 Å². The van der Waals surface area contributed by atoms with Gasteiger partial charge in [-0.25, -0.2) is 9.97 Å². The van der Waals surface area contributed by atoms with Crippen molar-refractivity contribution in [2.24, 2.45) is 0 Å². The Morgan fingerprint density at radius 2 is 2.32 bits per heavy atom. The predicted molar refractivity (Wildman–Crippen MR) is 83.2 cm³/mol. The van der Waals surface area contributed by atoms with Gasteiger partial charge in [-0.05, 0) is 31.5 Å². The number of hydrogen-bond donors (Lipinski definition) is 1. The molecule has 6 nitrogen and oxygen atoms in total. The van der Waals surface area contributed by atoms with Gasteiger partial charge in [0, 0.05) is 0 Å². The zero-order chi connectivity index (χ0) is 15.5. The van der Waals surface area contributed by atoms with E-state index in [0.717, 1.165) is 15.8 Å². The summed E-state index contributed by atoms with van der Waals surface area (Å²) < 4.78 is 10.7. The molecule has 0 aliphatic carbocycles. The van der Waals surface area contributed by atoms with Crippen molar-refractivity contribution in [3.05, 3.63) is 40.9 Å². The van der Waals surface area contributed by atoms with Gasteiger partial charge in [0.1, 0.15) is 16.9 Å². The Bertz CT molecular complexity index is 796. The summed E-state index contributed by atoms with van der Waals surface area (Å²) in [5, 5.41) is 3.65. The number of hydrogen-bond acceptors (Lipinski definition) is 6. The van der Waals surface area contributed by atoms with Gasteiger partial charge in [-0.2, -0.15) is 0 Å². The molecule has 3 rings (SSSR count). The number of thiophene rings is 1. The normalized spacial score (nSPS) is 10.8. The van der Waals surface area contributed by atoms with Gasteiger partial charge in [0.15, 0.2) is 0 Å². The zero-order valence-corrected chi connectivity index (χ0v) is 13.1. The van der Waals surface area contributed by atoms with Crippen molar-refractivity contribution in [2.45, 2.75) is 20.4 Å². The number of nitrogens with one attached hydrogen (secondary N) is 1. The molecule has 0 aliphatic rings. The summed E-state index contributed by atoms with van der Waals surface area (Å²) in [6.07, 6.45) is 3.03. The maximum Gasteiger partial charge on any atom is 0.262 e. The van der Waals surface area contributed by atoms with Crippen molar-refractivity contribution in [3.63, 3.8) is 0 Å². The van der Waals surface area contributed by atoms with Gasteiger partial charge in [-0.1, -0.05) is 0 Å². The quantitative estimate of drug-likeness (QED) is 0.783. The van der Waals surface area contributed by atoms with E-state index in [1.165, 1.54) is 17.7 Å². The molecule has 3 aromatic heterocycles. The summed E-state index contributed by atoms with van der Waals surface area (Å²) in [5.74, 6) is 1.08. The fraction of sp³-hybridized carbons (Fsp3) is 0.267. The molecule has 0 radical (unpaired) electrons. The minimum Gasteiger partial charge on any atom is -0.477 e. The van der Waals surface area contributed by atoms with Crippen LogP contribution in [0.2, 0.25) is 0 Å². The number of aryl methyl sites for hydroxylation is 1. The maximum absolute atomic E-state index is 12.4. The lowest BCUT2D eigenvalue weighted by atomic mass is 10.2. The molecule has 0 aliphatic heterocycles. The van der Waals surface area contributed by atoms with Crippen LogP contribution in [0.3, 0.4) is 0 Å². The number of rotatable bonds is 5. The minimum absolute atomic E-state index is 0.153. The van der Waals surface area contributed by atoms with E-state index in [1.807, 2.05) is 19.9 Å². The van der Waals surface area contributed by atoms with Crippen molar-refractivity contribution in [1.82, 2.24) is 15.3 Å². The van der Waals surface area contributed by atoms with E-state index >= 15 is 0 Å². The average Bonchev–Trinajstić information content (AvgIpc) is 3.14. The molecule has 3 heterocycles. The average molecular weight is 317 g/mol. The summed E-state index contributed by atoms with van der Waals surface area (Å²) >= 11 is 1.34. The van der Waals surface area contributed by atoms with E-state index in [4.69, 9.17) is 9.15 Å². The predicted octanol–water partition coefficient (Wildman–Crippen LogP) is 2.92. The highest BCUT2D eigenvalue weighted by Gasteiger charge is 2.19. The molecule has 0 saturated carbocycles. The number of carbonyl (C=O) groups is 1. The van der Waals surface area contributed by atoms with Crippen LogP contribution >= 0.6 is 11.3 Å². The highest BCUT2D eigenvalue weighted by atomic mass is 32.1. The summed E-state index contributed by atoms with van der Waals surface area (Å²) in [4.78, 5) is 22.1. The molecule has 0 atom stereocenters. The van der Waals surface area contributed by atoms with Crippen molar-refractivity contribution >= 4 is 27.5 Å². The van der Waals surface area contributed by atoms with Crippen LogP contribution in [0.5, 0.6) is 5.88 Å². The Morgan fingerprint density at radius 1 is 1.45 bits per heavy atom. The molecule has 0 fully saturated rings. The van der Waals surface area contributed by atoms with Gasteiger partial charge in [-0.15, -0.1) is 11.3 Å². The van der Waals surface area contributed by atoms with E-state index in [1.54, 1.807) is 12.3 Å². The maximum atomic E-state index is 12.4. The molecule has 1 N–H and O–H groups in total. The molecule has 0 spiro atoms. The Morgan fingerprint density at radius 3 is 3.05 bits per heavy atom. The highest BCUT2D eigenvalue weighted by molar-refractivity contribution is 7.20. The lowest BCUT2D eigenvalue weighted by Gasteiger charge is -2.04. The van der Waals surface area contributed by atoms with Crippen LogP contribution in [0.25, 0.3) is 10.2 Å². The first-order chi connectivity index (χ1) is 10.7. The first-order valence-corrected chi connectivity index (χ1v) is 7.69.